The van der Waals surface area contributed by atoms with Crippen molar-refractivity contribution >= 4 is 33.5 Å². The molecule has 5 heteroatoms. The van der Waals surface area contributed by atoms with Crippen molar-refractivity contribution in [3.63, 3.8) is 0 Å². The molecule has 0 aliphatic carbocycles. The lowest BCUT2D eigenvalue weighted by atomic mass is 10.1. The van der Waals surface area contributed by atoms with Crippen molar-refractivity contribution in [2.75, 3.05) is 18.1 Å². The molecular weight excluding hydrogens is 334 g/mol. The molecule has 114 valence electrons. The molecule has 1 atom stereocenters. The molecule has 21 heavy (non-hydrogen) atoms. The van der Waals surface area contributed by atoms with Crippen LogP contribution in [-0.2, 0) is 20.7 Å². The van der Waals surface area contributed by atoms with E-state index in [1.165, 1.54) is 0 Å². The Bertz CT molecular complexity index is 571. The predicted octanol–water partition coefficient (Wildman–Crippen LogP) is 3.24. The summed E-state index contributed by atoms with van der Waals surface area (Å²) in [4.78, 5) is 25.7. The van der Waals surface area contributed by atoms with Gasteiger partial charge in [-0.25, -0.2) is 0 Å². The van der Waals surface area contributed by atoms with Crippen LogP contribution in [0.4, 0.5) is 5.69 Å². The van der Waals surface area contributed by atoms with E-state index in [9.17, 15) is 9.59 Å². The molecule has 1 aromatic carbocycles. The molecule has 4 nitrogen and oxygen atoms in total. The second-order valence-electron chi connectivity index (χ2n) is 5.25. The quantitative estimate of drug-likeness (QED) is 0.780. The van der Waals surface area contributed by atoms with Gasteiger partial charge < -0.3 is 9.64 Å². The van der Waals surface area contributed by atoms with Gasteiger partial charge in [-0.1, -0.05) is 22.9 Å². The van der Waals surface area contributed by atoms with Crippen LogP contribution in [0.1, 0.15) is 31.4 Å². The van der Waals surface area contributed by atoms with E-state index in [1.807, 2.05) is 19.1 Å². The van der Waals surface area contributed by atoms with Crippen LogP contribution in [0.2, 0.25) is 0 Å². The van der Waals surface area contributed by atoms with Gasteiger partial charge in [-0.05, 0) is 43.5 Å². The summed E-state index contributed by atoms with van der Waals surface area (Å²) in [5.41, 5.74) is 3.12. The Labute approximate surface area is 133 Å². The fourth-order valence-corrected chi connectivity index (χ4v) is 3.12. The second kappa shape index (κ2) is 6.60. The third-order valence-electron chi connectivity index (χ3n) is 3.75. The molecular formula is C16H20BrNO3. The fourth-order valence-electron chi connectivity index (χ4n) is 2.61. The van der Waals surface area contributed by atoms with Crippen molar-refractivity contribution < 1.29 is 14.3 Å². The summed E-state index contributed by atoms with van der Waals surface area (Å²) in [6.07, 6.45) is 1.12. The number of hydrogen-bond donors (Lipinski definition) is 0. The normalized spacial score (nSPS) is 18.2. The van der Waals surface area contributed by atoms with Crippen molar-refractivity contribution in [3.8, 4) is 0 Å². The van der Waals surface area contributed by atoms with Crippen LogP contribution < -0.4 is 4.90 Å². The lowest BCUT2D eigenvalue weighted by Crippen LogP contribution is -2.26. The average molecular weight is 354 g/mol. The molecule has 0 aromatic heterocycles. The average Bonchev–Trinajstić information content (AvgIpc) is 2.84. The Hall–Kier alpha value is -1.36. The Morgan fingerprint density at radius 3 is 2.76 bits per heavy atom. The lowest BCUT2D eigenvalue weighted by Gasteiger charge is -2.19. The van der Waals surface area contributed by atoms with Crippen molar-refractivity contribution in [1.82, 2.24) is 0 Å². The predicted molar refractivity (Wildman–Crippen MR) is 85.4 cm³/mol. The van der Waals surface area contributed by atoms with E-state index in [-0.39, 0.29) is 24.2 Å². The van der Waals surface area contributed by atoms with Crippen LogP contribution in [0.15, 0.2) is 16.6 Å². The van der Waals surface area contributed by atoms with Crippen LogP contribution in [0, 0.1) is 12.8 Å². The zero-order valence-electron chi connectivity index (χ0n) is 12.6. The highest BCUT2D eigenvalue weighted by atomic mass is 79.9. The zero-order valence-corrected chi connectivity index (χ0v) is 14.2. The number of esters is 1. The van der Waals surface area contributed by atoms with Gasteiger partial charge in [-0.3, -0.25) is 9.59 Å². The summed E-state index contributed by atoms with van der Waals surface area (Å²) >= 11 is 3.58. The first kappa shape index (κ1) is 16.0. The van der Waals surface area contributed by atoms with E-state index in [1.54, 1.807) is 11.8 Å². The summed E-state index contributed by atoms with van der Waals surface area (Å²) in [5, 5.41) is 0. The van der Waals surface area contributed by atoms with Gasteiger partial charge in [-0.2, -0.15) is 0 Å². The van der Waals surface area contributed by atoms with Crippen LogP contribution >= 0.6 is 15.9 Å². The van der Waals surface area contributed by atoms with Gasteiger partial charge in [-0.15, -0.1) is 0 Å². The Kier molecular flexibility index (Phi) is 5.04. The molecule has 1 aliphatic heterocycles. The number of halogens is 1. The molecule has 0 radical (unpaired) electrons. The maximum Gasteiger partial charge on any atom is 0.311 e. The topological polar surface area (TPSA) is 46.6 Å². The number of ether oxygens (including phenoxy) is 1. The summed E-state index contributed by atoms with van der Waals surface area (Å²) in [7, 11) is 0. The molecule has 1 fully saturated rings. The van der Waals surface area contributed by atoms with E-state index in [4.69, 9.17) is 4.74 Å². The van der Waals surface area contributed by atoms with Gasteiger partial charge in [0.1, 0.15) is 0 Å². The standard InChI is InChI=1S/C16H20BrNO3/c1-4-11-7-13(6-10(3)15(11)17)18-9-12(8-14(18)19)16(20)21-5-2/h6-7,12H,4-5,8-9H2,1-3H3/t12-/m0/s1. The number of carbonyl (C=O) groups is 2. The molecule has 1 amide bonds. The molecule has 1 saturated heterocycles. The highest BCUT2D eigenvalue weighted by Crippen LogP contribution is 2.32. The molecule has 1 heterocycles. The molecule has 0 saturated carbocycles. The molecule has 0 unspecified atom stereocenters. The third-order valence-corrected chi connectivity index (χ3v) is 4.89. The van der Waals surface area contributed by atoms with Crippen LogP contribution in [-0.4, -0.2) is 25.0 Å². The third kappa shape index (κ3) is 3.28. The maximum absolute atomic E-state index is 12.2. The number of rotatable bonds is 4. The number of carbonyl (C=O) groups excluding carboxylic acids is 2. The zero-order chi connectivity index (χ0) is 15.6. The minimum absolute atomic E-state index is 0.0168. The Balaban J connectivity index is 2.25. The van der Waals surface area contributed by atoms with E-state index < -0.39 is 0 Å². The van der Waals surface area contributed by atoms with Crippen LogP contribution in [0.3, 0.4) is 0 Å². The minimum Gasteiger partial charge on any atom is -0.466 e. The smallest absolute Gasteiger partial charge is 0.311 e. The molecule has 1 aliphatic rings. The number of benzene rings is 1. The summed E-state index contributed by atoms with van der Waals surface area (Å²) < 4.78 is 6.11. The molecule has 2 rings (SSSR count). The van der Waals surface area contributed by atoms with E-state index in [2.05, 4.69) is 22.9 Å². The van der Waals surface area contributed by atoms with Crippen molar-refractivity contribution in [1.29, 1.82) is 0 Å². The monoisotopic (exact) mass is 353 g/mol. The van der Waals surface area contributed by atoms with Crippen molar-refractivity contribution in [3.05, 3.63) is 27.7 Å². The van der Waals surface area contributed by atoms with Gasteiger partial charge in [0.15, 0.2) is 0 Å². The number of hydrogen-bond acceptors (Lipinski definition) is 3. The summed E-state index contributed by atoms with van der Waals surface area (Å²) in [5.74, 6) is -0.652. The van der Waals surface area contributed by atoms with E-state index >= 15 is 0 Å². The number of nitrogens with zero attached hydrogens (tertiary/aromatic N) is 1. The van der Waals surface area contributed by atoms with E-state index in [0.29, 0.717) is 13.2 Å². The molecule has 0 spiro atoms. The largest absolute Gasteiger partial charge is 0.466 e. The van der Waals surface area contributed by atoms with Gasteiger partial charge in [0, 0.05) is 23.1 Å². The Morgan fingerprint density at radius 1 is 1.43 bits per heavy atom. The van der Waals surface area contributed by atoms with Crippen molar-refractivity contribution in [2.24, 2.45) is 5.92 Å². The van der Waals surface area contributed by atoms with Crippen LogP contribution in [0.5, 0.6) is 0 Å². The number of amides is 1. The molecule has 1 aromatic rings. The minimum atomic E-state index is -0.355. The van der Waals surface area contributed by atoms with Gasteiger partial charge in [0.2, 0.25) is 5.91 Å². The maximum atomic E-state index is 12.2. The number of aryl methyl sites for hydroxylation is 2. The first-order valence-electron chi connectivity index (χ1n) is 7.23. The van der Waals surface area contributed by atoms with Gasteiger partial charge in [0.25, 0.3) is 0 Å². The highest BCUT2D eigenvalue weighted by molar-refractivity contribution is 9.10. The first-order chi connectivity index (χ1) is 9.97. The second-order valence-corrected chi connectivity index (χ2v) is 6.04. The van der Waals surface area contributed by atoms with Crippen LogP contribution in [0.25, 0.3) is 0 Å². The lowest BCUT2D eigenvalue weighted by molar-refractivity contribution is -0.147. The summed E-state index contributed by atoms with van der Waals surface area (Å²) in [6.45, 7) is 6.62. The fraction of sp³-hybridized carbons (Fsp3) is 0.500. The van der Waals surface area contributed by atoms with Gasteiger partial charge >= 0.3 is 5.97 Å². The molecule has 0 bridgehead atoms. The SMILES string of the molecule is CCOC(=O)[C@H]1CC(=O)N(c2cc(C)c(Br)c(CC)c2)C1. The first-order valence-corrected chi connectivity index (χ1v) is 8.03. The van der Waals surface area contributed by atoms with E-state index in [0.717, 1.165) is 27.7 Å². The molecule has 0 N–H and O–H groups in total. The highest BCUT2D eigenvalue weighted by Gasteiger charge is 2.36. The number of anilines is 1. The van der Waals surface area contributed by atoms with Crippen molar-refractivity contribution in [2.45, 2.75) is 33.6 Å². The van der Waals surface area contributed by atoms with Gasteiger partial charge in [0.05, 0.1) is 12.5 Å². The summed E-state index contributed by atoms with van der Waals surface area (Å²) in [6, 6.07) is 4.00. The Morgan fingerprint density at radius 2 is 2.14 bits per heavy atom.